The molecule has 0 spiro atoms. The third-order valence-electron chi connectivity index (χ3n) is 5.07. The molecule has 2 fully saturated rings. The van der Waals surface area contributed by atoms with Crippen LogP contribution in [0.1, 0.15) is 34.5 Å². The summed E-state index contributed by atoms with van der Waals surface area (Å²) in [7, 11) is 0. The molecule has 0 radical (unpaired) electrons. The molecular weight excluding hydrogens is 320 g/mol. The van der Waals surface area contributed by atoms with Crippen LogP contribution in [0.4, 0.5) is 0 Å². The Kier molecular flexibility index (Phi) is 4.55. The summed E-state index contributed by atoms with van der Waals surface area (Å²) in [6.45, 7) is 3.48. The van der Waals surface area contributed by atoms with E-state index in [0.717, 1.165) is 18.4 Å². The second-order valence-corrected chi connectivity index (χ2v) is 6.58. The Morgan fingerprint density at radius 3 is 3.08 bits per heavy atom. The molecule has 4 rings (SSSR count). The van der Waals surface area contributed by atoms with Gasteiger partial charge in [0.2, 0.25) is 0 Å². The Hall–Kier alpha value is -2.18. The predicted octanol–water partition coefficient (Wildman–Crippen LogP) is 2.57. The van der Waals surface area contributed by atoms with Crippen molar-refractivity contribution in [2.45, 2.75) is 44.6 Å². The van der Waals surface area contributed by atoms with Crippen molar-refractivity contribution in [2.24, 2.45) is 0 Å². The molecule has 0 bridgehead atoms. The van der Waals surface area contributed by atoms with Crippen LogP contribution in [0.15, 0.2) is 41.3 Å². The fraction of sp³-hybridized carbons (Fsp3) is 0.474. The summed E-state index contributed by atoms with van der Waals surface area (Å²) in [4.78, 5) is 18.9. The predicted molar refractivity (Wildman–Crippen MR) is 90.1 cm³/mol. The number of hydrogen-bond acceptors (Lipinski definition) is 5. The van der Waals surface area contributed by atoms with Crippen molar-refractivity contribution < 1.29 is 18.7 Å². The maximum atomic E-state index is 12.9. The van der Waals surface area contributed by atoms with Crippen molar-refractivity contribution >= 4 is 5.91 Å². The van der Waals surface area contributed by atoms with Gasteiger partial charge in [0.05, 0.1) is 37.2 Å². The molecule has 25 heavy (non-hydrogen) atoms. The van der Waals surface area contributed by atoms with Gasteiger partial charge in [0, 0.05) is 18.9 Å². The number of morpholine rings is 1. The Bertz CT molecular complexity index is 730. The highest BCUT2D eigenvalue weighted by Gasteiger charge is 2.45. The summed E-state index contributed by atoms with van der Waals surface area (Å²) in [5, 5.41) is 0. The zero-order valence-electron chi connectivity index (χ0n) is 14.3. The van der Waals surface area contributed by atoms with Gasteiger partial charge in [-0.2, -0.15) is 0 Å². The molecule has 1 saturated heterocycles. The van der Waals surface area contributed by atoms with Crippen LogP contribution in [-0.4, -0.2) is 47.2 Å². The van der Waals surface area contributed by atoms with E-state index in [0.29, 0.717) is 31.1 Å². The summed E-state index contributed by atoms with van der Waals surface area (Å²) in [6, 6.07) is 5.71. The molecule has 3 atom stereocenters. The quantitative estimate of drug-likeness (QED) is 0.854. The zero-order valence-corrected chi connectivity index (χ0v) is 14.3. The van der Waals surface area contributed by atoms with Crippen molar-refractivity contribution in [3.05, 3.63) is 53.7 Å². The molecule has 2 aromatic rings. The minimum Gasteiger partial charge on any atom is -0.469 e. The Balaban J connectivity index is 1.43. The van der Waals surface area contributed by atoms with Gasteiger partial charge in [-0.25, -0.2) is 0 Å². The summed E-state index contributed by atoms with van der Waals surface area (Å²) >= 11 is 0. The van der Waals surface area contributed by atoms with Gasteiger partial charge < -0.3 is 18.8 Å². The molecule has 0 unspecified atom stereocenters. The third kappa shape index (κ3) is 3.19. The molecule has 1 saturated carbocycles. The molecular formula is C19H22N2O4. The first-order valence-corrected chi connectivity index (χ1v) is 8.71. The molecule has 0 N–H and O–H groups in total. The average Bonchev–Trinajstić information content (AvgIpc) is 3.26. The maximum Gasteiger partial charge on any atom is 0.257 e. The number of carbonyl (C=O) groups is 1. The molecule has 3 heterocycles. The number of ether oxygens (including phenoxy) is 2. The van der Waals surface area contributed by atoms with E-state index in [-0.39, 0.29) is 24.2 Å². The second-order valence-electron chi connectivity index (χ2n) is 6.58. The van der Waals surface area contributed by atoms with Crippen LogP contribution in [0.5, 0.6) is 0 Å². The van der Waals surface area contributed by atoms with Gasteiger partial charge in [0.15, 0.2) is 0 Å². The van der Waals surface area contributed by atoms with Crippen LogP contribution in [0.2, 0.25) is 0 Å². The Morgan fingerprint density at radius 1 is 1.40 bits per heavy atom. The van der Waals surface area contributed by atoms with Crippen LogP contribution in [0.3, 0.4) is 0 Å². The number of amides is 1. The van der Waals surface area contributed by atoms with Gasteiger partial charge in [0.1, 0.15) is 11.9 Å². The lowest BCUT2D eigenvalue weighted by Gasteiger charge is -2.39. The van der Waals surface area contributed by atoms with Gasteiger partial charge in [-0.3, -0.25) is 9.78 Å². The van der Waals surface area contributed by atoms with E-state index in [1.165, 1.54) is 0 Å². The van der Waals surface area contributed by atoms with Crippen LogP contribution >= 0.6 is 0 Å². The standard InChI is InChI=1S/C19H22N2O4/c1-13-15(6-9-23-13)19(22)21-8-10-24-18-16(21)4-5-17(18)25-12-14-3-2-7-20-11-14/h2-3,6-7,9,11,16-18H,4-5,8,10,12H2,1H3/t16-,17+,18+/m0/s1. The lowest BCUT2D eigenvalue weighted by molar-refractivity contribution is -0.108. The zero-order chi connectivity index (χ0) is 17.2. The van der Waals surface area contributed by atoms with Crippen molar-refractivity contribution in [1.29, 1.82) is 0 Å². The van der Waals surface area contributed by atoms with E-state index in [1.807, 2.05) is 30.2 Å². The number of carbonyl (C=O) groups excluding carboxylic acids is 1. The van der Waals surface area contributed by atoms with Crippen molar-refractivity contribution in [2.75, 3.05) is 13.2 Å². The molecule has 2 aromatic heterocycles. The van der Waals surface area contributed by atoms with Gasteiger partial charge >= 0.3 is 0 Å². The SMILES string of the molecule is Cc1occc1C(=O)N1CCO[C@H]2[C@H](OCc3cccnc3)CC[C@@H]21. The molecule has 1 aliphatic carbocycles. The molecule has 1 aliphatic heterocycles. The van der Waals surface area contributed by atoms with Gasteiger partial charge in [-0.1, -0.05) is 6.07 Å². The highest BCUT2D eigenvalue weighted by atomic mass is 16.5. The third-order valence-corrected chi connectivity index (χ3v) is 5.07. The largest absolute Gasteiger partial charge is 0.469 e. The fourth-order valence-corrected chi connectivity index (χ4v) is 3.79. The van der Waals surface area contributed by atoms with Crippen LogP contribution in [-0.2, 0) is 16.1 Å². The number of furan rings is 1. The topological polar surface area (TPSA) is 64.8 Å². The minimum absolute atomic E-state index is 0.00579. The lowest BCUT2D eigenvalue weighted by Crippen LogP contribution is -2.53. The van der Waals surface area contributed by atoms with Crippen molar-refractivity contribution in [3.63, 3.8) is 0 Å². The summed E-state index contributed by atoms with van der Waals surface area (Å²) in [6.07, 6.45) is 6.85. The maximum absolute atomic E-state index is 12.9. The molecule has 1 amide bonds. The first-order valence-electron chi connectivity index (χ1n) is 8.71. The van der Waals surface area contributed by atoms with Gasteiger partial charge in [-0.15, -0.1) is 0 Å². The summed E-state index contributed by atoms with van der Waals surface area (Å²) in [5.74, 6) is 0.688. The number of pyridine rings is 1. The first kappa shape index (κ1) is 16.3. The minimum atomic E-state index is -0.0680. The van der Waals surface area contributed by atoms with E-state index in [1.54, 1.807) is 18.5 Å². The number of rotatable bonds is 4. The number of nitrogens with zero attached hydrogens (tertiary/aromatic N) is 2. The number of hydrogen-bond donors (Lipinski definition) is 0. The highest BCUT2D eigenvalue weighted by Crippen LogP contribution is 2.33. The van der Waals surface area contributed by atoms with Crippen LogP contribution in [0, 0.1) is 6.92 Å². The van der Waals surface area contributed by atoms with Gasteiger partial charge in [-0.05, 0) is 37.5 Å². The molecule has 2 aliphatic rings. The van der Waals surface area contributed by atoms with Crippen LogP contribution in [0.25, 0.3) is 0 Å². The average molecular weight is 342 g/mol. The van der Waals surface area contributed by atoms with Crippen molar-refractivity contribution in [1.82, 2.24) is 9.88 Å². The molecule has 6 heteroatoms. The number of aromatic nitrogens is 1. The Labute approximate surface area is 146 Å². The molecule has 6 nitrogen and oxygen atoms in total. The molecule has 132 valence electrons. The fourth-order valence-electron chi connectivity index (χ4n) is 3.79. The van der Waals surface area contributed by atoms with Crippen molar-refractivity contribution in [3.8, 4) is 0 Å². The summed E-state index contributed by atoms with van der Waals surface area (Å²) in [5.41, 5.74) is 1.68. The number of fused-ring (bicyclic) bond motifs is 1. The smallest absolute Gasteiger partial charge is 0.257 e. The molecule has 0 aromatic carbocycles. The first-order chi connectivity index (χ1) is 12.2. The van der Waals surface area contributed by atoms with E-state index >= 15 is 0 Å². The lowest BCUT2D eigenvalue weighted by atomic mass is 10.1. The van der Waals surface area contributed by atoms with E-state index < -0.39 is 0 Å². The Morgan fingerprint density at radius 2 is 2.32 bits per heavy atom. The number of aryl methyl sites for hydroxylation is 1. The van der Waals surface area contributed by atoms with E-state index in [9.17, 15) is 4.79 Å². The monoisotopic (exact) mass is 342 g/mol. The normalized spacial score (nSPS) is 25.8. The van der Waals surface area contributed by atoms with E-state index in [2.05, 4.69) is 4.98 Å². The van der Waals surface area contributed by atoms with Crippen LogP contribution < -0.4 is 0 Å². The van der Waals surface area contributed by atoms with Gasteiger partial charge in [0.25, 0.3) is 5.91 Å². The second kappa shape index (κ2) is 6.98. The van der Waals surface area contributed by atoms with E-state index in [4.69, 9.17) is 13.9 Å². The highest BCUT2D eigenvalue weighted by molar-refractivity contribution is 5.95. The summed E-state index contributed by atoms with van der Waals surface area (Å²) < 4.78 is 17.3.